The van der Waals surface area contributed by atoms with Crippen LogP contribution in [-0.4, -0.2) is 27.1 Å². The number of carbonyl (C=O) groups excluding carboxylic acids is 1. The summed E-state index contributed by atoms with van der Waals surface area (Å²) in [5.41, 5.74) is 1.48. The summed E-state index contributed by atoms with van der Waals surface area (Å²) in [6.07, 6.45) is 1.76. The maximum absolute atomic E-state index is 12.2. The molecular weight excluding hydrogens is 320 g/mol. The standard InChI is InChI=1S/C15H16N2O3S2/c1-22(19,20)17-9-8-12(11-5-2-3-6-13(11)17)16-15(18)14-7-4-10-21-14/h2-7,10,12H,8-9H2,1H3,(H,16,18). The summed E-state index contributed by atoms with van der Waals surface area (Å²) in [5.74, 6) is -0.123. The van der Waals surface area contributed by atoms with E-state index in [-0.39, 0.29) is 11.9 Å². The molecule has 1 atom stereocenters. The van der Waals surface area contributed by atoms with Crippen LogP contribution in [0.5, 0.6) is 0 Å². The molecule has 1 amide bonds. The highest BCUT2D eigenvalue weighted by atomic mass is 32.2. The van der Waals surface area contributed by atoms with E-state index in [4.69, 9.17) is 0 Å². The summed E-state index contributed by atoms with van der Waals surface area (Å²) in [6.45, 7) is 0.366. The van der Waals surface area contributed by atoms with Crippen molar-refractivity contribution in [3.63, 3.8) is 0 Å². The summed E-state index contributed by atoms with van der Waals surface area (Å²) in [5, 5.41) is 4.86. The molecule has 1 aromatic carbocycles. The molecule has 1 N–H and O–H groups in total. The quantitative estimate of drug-likeness (QED) is 0.936. The third kappa shape index (κ3) is 2.86. The summed E-state index contributed by atoms with van der Waals surface area (Å²) in [7, 11) is -3.31. The van der Waals surface area contributed by atoms with Crippen LogP contribution in [0.4, 0.5) is 5.69 Å². The van der Waals surface area contributed by atoms with Crippen molar-refractivity contribution in [1.29, 1.82) is 0 Å². The lowest BCUT2D eigenvalue weighted by molar-refractivity contribution is 0.0938. The first kappa shape index (κ1) is 15.1. The van der Waals surface area contributed by atoms with Crippen LogP contribution in [0.3, 0.4) is 0 Å². The van der Waals surface area contributed by atoms with E-state index in [1.165, 1.54) is 21.9 Å². The van der Waals surface area contributed by atoms with Gasteiger partial charge in [0.25, 0.3) is 5.91 Å². The van der Waals surface area contributed by atoms with Gasteiger partial charge in [0.05, 0.1) is 22.9 Å². The second-order valence-electron chi connectivity index (χ2n) is 5.19. The number of benzene rings is 1. The van der Waals surface area contributed by atoms with Gasteiger partial charge in [0, 0.05) is 6.54 Å². The van der Waals surface area contributed by atoms with Gasteiger partial charge in [-0.1, -0.05) is 24.3 Å². The number of hydrogen-bond acceptors (Lipinski definition) is 4. The van der Waals surface area contributed by atoms with Crippen LogP contribution in [0.1, 0.15) is 27.7 Å². The van der Waals surface area contributed by atoms with E-state index in [9.17, 15) is 13.2 Å². The van der Waals surface area contributed by atoms with Gasteiger partial charge in [-0.2, -0.15) is 0 Å². The van der Waals surface area contributed by atoms with Gasteiger partial charge in [-0.25, -0.2) is 8.42 Å². The van der Waals surface area contributed by atoms with E-state index >= 15 is 0 Å². The lowest BCUT2D eigenvalue weighted by Gasteiger charge is -2.34. The molecule has 7 heteroatoms. The minimum atomic E-state index is -3.31. The fourth-order valence-corrected chi connectivity index (χ4v) is 4.25. The van der Waals surface area contributed by atoms with E-state index in [1.807, 2.05) is 23.6 Å². The molecule has 1 aliphatic rings. The topological polar surface area (TPSA) is 66.5 Å². The number of anilines is 1. The molecule has 1 aromatic heterocycles. The zero-order valence-electron chi connectivity index (χ0n) is 12.0. The van der Waals surface area contributed by atoms with Gasteiger partial charge in [-0.05, 0) is 29.5 Å². The lowest BCUT2D eigenvalue weighted by Crippen LogP contribution is -2.40. The monoisotopic (exact) mass is 336 g/mol. The van der Waals surface area contributed by atoms with Crippen molar-refractivity contribution in [3.05, 3.63) is 52.2 Å². The summed E-state index contributed by atoms with van der Waals surface area (Å²) in [4.78, 5) is 12.9. The summed E-state index contributed by atoms with van der Waals surface area (Å²) >= 11 is 1.39. The zero-order chi connectivity index (χ0) is 15.7. The molecule has 2 heterocycles. The van der Waals surface area contributed by atoms with Crippen LogP contribution in [0.2, 0.25) is 0 Å². The Morgan fingerprint density at radius 1 is 1.27 bits per heavy atom. The molecule has 3 rings (SSSR count). The Morgan fingerprint density at radius 2 is 2.05 bits per heavy atom. The fourth-order valence-electron chi connectivity index (χ4n) is 2.66. The first-order chi connectivity index (χ1) is 10.5. The molecule has 22 heavy (non-hydrogen) atoms. The van der Waals surface area contributed by atoms with Crippen LogP contribution in [0.25, 0.3) is 0 Å². The number of hydrogen-bond donors (Lipinski definition) is 1. The first-order valence-corrected chi connectivity index (χ1v) is 9.60. The molecule has 1 aliphatic heterocycles. The predicted molar refractivity (Wildman–Crippen MR) is 87.8 cm³/mol. The van der Waals surface area contributed by atoms with Crippen LogP contribution >= 0.6 is 11.3 Å². The van der Waals surface area contributed by atoms with Crippen molar-refractivity contribution < 1.29 is 13.2 Å². The van der Waals surface area contributed by atoms with E-state index in [2.05, 4.69) is 5.32 Å². The Morgan fingerprint density at radius 3 is 2.73 bits per heavy atom. The predicted octanol–water partition coefficient (Wildman–Crippen LogP) is 2.39. The third-order valence-corrected chi connectivity index (χ3v) is 5.70. The molecule has 0 aliphatic carbocycles. The first-order valence-electron chi connectivity index (χ1n) is 6.88. The van der Waals surface area contributed by atoms with Gasteiger partial charge >= 0.3 is 0 Å². The second-order valence-corrected chi connectivity index (χ2v) is 8.04. The van der Waals surface area contributed by atoms with E-state index in [1.54, 1.807) is 18.2 Å². The van der Waals surface area contributed by atoms with Gasteiger partial charge in [-0.15, -0.1) is 11.3 Å². The molecule has 5 nitrogen and oxygen atoms in total. The number of fused-ring (bicyclic) bond motifs is 1. The van der Waals surface area contributed by atoms with Crippen molar-refractivity contribution >= 4 is 33.0 Å². The average Bonchev–Trinajstić information content (AvgIpc) is 3.00. The highest BCUT2D eigenvalue weighted by molar-refractivity contribution is 7.92. The smallest absolute Gasteiger partial charge is 0.261 e. The number of thiophene rings is 1. The van der Waals surface area contributed by atoms with Gasteiger partial charge in [0.1, 0.15) is 0 Å². The van der Waals surface area contributed by atoms with Crippen molar-refractivity contribution in [2.75, 3.05) is 17.1 Å². The Bertz CT molecular complexity index is 785. The highest BCUT2D eigenvalue weighted by Crippen LogP contribution is 2.35. The van der Waals surface area contributed by atoms with Crippen LogP contribution in [0.15, 0.2) is 41.8 Å². The summed E-state index contributed by atoms with van der Waals surface area (Å²) < 4.78 is 25.2. The number of sulfonamides is 1. The number of amides is 1. The molecular formula is C15H16N2O3S2. The zero-order valence-corrected chi connectivity index (χ0v) is 13.7. The van der Waals surface area contributed by atoms with E-state index in [0.717, 1.165) is 5.56 Å². The Balaban J connectivity index is 1.90. The molecule has 0 spiro atoms. The molecule has 116 valence electrons. The molecule has 0 fully saturated rings. The Kier molecular flexibility index (Phi) is 3.92. The van der Waals surface area contributed by atoms with Crippen LogP contribution < -0.4 is 9.62 Å². The van der Waals surface area contributed by atoms with Crippen molar-refractivity contribution in [1.82, 2.24) is 5.32 Å². The SMILES string of the molecule is CS(=O)(=O)N1CCC(NC(=O)c2cccs2)c2ccccc21. The highest BCUT2D eigenvalue weighted by Gasteiger charge is 2.30. The molecule has 0 radical (unpaired) electrons. The number of rotatable bonds is 3. The second kappa shape index (κ2) is 5.73. The Hall–Kier alpha value is -1.86. The normalized spacial score (nSPS) is 17.9. The number of nitrogens with zero attached hydrogens (tertiary/aromatic N) is 1. The molecule has 1 unspecified atom stereocenters. The average molecular weight is 336 g/mol. The number of nitrogens with one attached hydrogen (secondary N) is 1. The van der Waals surface area contributed by atoms with Gasteiger partial charge in [0.2, 0.25) is 10.0 Å². The largest absolute Gasteiger partial charge is 0.344 e. The van der Waals surface area contributed by atoms with Crippen molar-refractivity contribution in [2.45, 2.75) is 12.5 Å². The van der Waals surface area contributed by atoms with Gasteiger partial charge in [0.15, 0.2) is 0 Å². The van der Waals surface area contributed by atoms with Crippen molar-refractivity contribution in [2.24, 2.45) is 0 Å². The minimum absolute atomic E-state index is 0.123. The molecule has 0 bridgehead atoms. The third-order valence-electron chi connectivity index (χ3n) is 3.65. The minimum Gasteiger partial charge on any atom is -0.344 e. The number of carbonyl (C=O) groups is 1. The van der Waals surface area contributed by atoms with E-state index < -0.39 is 10.0 Å². The molecule has 0 saturated heterocycles. The van der Waals surface area contributed by atoms with Crippen LogP contribution in [0, 0.1) is 0 Å². The van der Waals surface area contributed by atoms with Crippen LogP contribution in [-0.2, 0) is 10.0 Å². The van der Waals surface area contributed by atoms with Gasteiger partial charge < -0.3 is 5.32 Å². The lowest BCUT2D eigenvalue weighted by atomic mass is 9.98. The van der Waals surface area contributed by atoms with E-state index in [0.29, 0.717) is 23.5 Å². The number of para-hydroxylation sites is 1. The van der Waals surface area contributed by atoms with Crippen molar-refractivity contribution in [3.8, 4) is 0 Å². The van der Waals surface area contributed by atoms with Gasteiger partial charge in [-0.3, -0.25) is 9.10 Å². The molecule has 0 saturated carbocycles. The maximum Gasteiger partial charge on any atom is 0.261 e. The maximum atomic E-state index is 12.2. The molecule has 2 aromatic rings. The fraction of sp³-hybridized carbons (Fsp3) is 0.267. The Labute approximate surface area is 133 Å². The summed E-state index contributed by atoms with van der Waals surface area (Å²) in [6, 6.07) is 10.7.